The number of nitriles is 1. The predicted molar refractivity (Wildman–Crippen MR) is 113 cm³/mol. The molecule has 7 nitrogen and oxygen atoms in total. The molecule has 0 aliphatic carbocycles. The number of hydrogen-bond donors (Lipinski definition) is 5. The Balaban J connectivity index is 1.96. The average molecular weight is 427 g/mol. The van der Waals surface area contributed by atoms with Crippen LogP contribution < -0.4 is 0 Å². The van der Waals surface area contributed by atoms with Crippen LogP contribution in [0.15, 0.2) is 42.5 Å². The molecule has 0 unspecified atom stereocenters. The fraction of sp³-hybridized carbons (Fsp3) is 0.458. The lowest BCUT2D eigenvalue weighted by Crippen LogP contribution is -2.63. The highest BCUT2D eigenvalue weighted by atomic mass is 16.7. The standard InChI is InChI=1S/C24H29NO6/c1-23(2,3)17-7-4-14(5-8-17)10-16-11-18(9-6-15(16)12-25)24(30)22(29)21(28)20(27)19(13-26)31-24/h4-9,11,19-22,26-30H,10,13H2,1-3H3/t19-,20-,21+,22-,24-/m1/s1. The number of benzene rings is 2. The van der Waals surface area contributed by atoms with E-state index in [1.165, 1.54) is 23.8 Å². The van der Waals surface area contributed by atoms with Crippen LogP contribution in [0, 0.1) is 11.3 Å². The van der Waals surface area contributed by atoms with Crippen LogP contribution in [0.4, 0.5) is 0 Å². The zero-order chi connectivity index (χ0) is 23.0. The van der Waals surface area contributed by atoms with Crippen molar-refractivity contribution in [1.82, 2.24) is 0 Å². The lowest BCUT2D eigenvalue weighted by molar-refractivity contribution is -0.357. The topological polar surface area (TPSA) is 134 Å². The van der Waals surface area contributed by atoms with Gasteiger partial charge in [0.25, 0.3) is 0 Å². The van der Waals surface area contributed by atoms with Crippen LogP contribution in [0.2, 0.25) is 0 Å². The van der Waals surface area contributed by atoms with Gasteiger partial charge in [0, 0.05) is 5.56 Å². The molecule has 1 fully saturated rings. The van der Waals surface area contributed by atoms with Gasteiger partial charge >= 0.3 is 0 Å². The second kappa shape index (κ2) is 8.67. The summed E-state index contributed by atoms with van der Waals surface area (Å²) in [5.74, 6) is -2.36. The third-order valence-electron chi connectivity index (χ3n) is 5.82. The molecule has 0 bridgehead atoms. The minimum atomic E-state index is -2.36. The maximum atomic E-state index is 11.0. The van der Waals surface area contributed by atoms with Crippen molar-refractivity contribution in [2.45, 2.75) is 62.8 Å². The third-order valence-corrected chi connectivity index (χ3v) is 5.82. The van der Waals surface area contributed by atoms with Gasteiger partial charge in [-0.25, -0.2) is 0 Å². The average Bonchev–Trinajstić information content (AvgIpc) is 2.74. The number of aliphatic hydroxyl groups is 5. The number of hydrogen-bond acceptors (Lipinski definition) is 7. The fourth-order valence-corrected chi connectivity index (χ4v) is 3.81. The van der Waals surface area contributed by atoms with E-state index in [2.05, 4.69) is 26.8 Å². The molecule has 0 amide bonds. The Bertz CT molecular complexity index is 960. The highest BCUT2D eigenvalue weighted by Gasteiger charge is 2.53. The Morgan fingerprint density at radius 1 is 1.03 bits per heavy atom. The summed E-state index contributed by atoms with van der Waals surface area (Å²) in [7, 11) is 0. The summed E-state index contributed by atoms with van der Waals surface area (Å²) < 4.78 is 5.40. The molecule has 1 aliphatic rings. The van der Waals surface area contributed by atoms with E-state index in [4.69, 9.17) is 4.74 Å². The number of aliphatic hydroxyl groups excluding tert-OH is 4. The van der Waals surface area contributed by atoms with Crippen LogP contribution in [0.5, 0.6) is 0 Å². The van der Waals surface area contributed by atoms with Crippen molar-refractivity contribution in [2.24, 2.45) is 0 Å². The van der Waals surface area contributed by atoms with Crippen LogP contribution in [-0.2, 0) is 22.4 Å². The van der Waals surface area contributed by atoms with Crippen molar-refractivity contribution in [2.75, 3.05) is 6.61 Å². The van der Waals surface area contributed by atoms with Gasteiger partial charge in [-0.05, 0) is 40.7 Å². The Morgan fingerprint density at radius 2 is 1.68 bits per heavy atom. The molecule has 0 aromatic heterocycles. The highest BCUT2D eigenvalue weighted by Crippen LogP contribution is 2.37. The molecular formula is C24H29NO6. The van der Waals surface area contributed by atoms with E-state index in [-0.39, 0.29) is 11.0 Å². The summed E-state index contributed by atoms with van der Waals surface area (Å²) in [5.41, 5.74) is 3.28. The summed E-state index contributed by atoms with van der Waals surface area (Å²) in [6, 6.07) is 14.6. The molecule has 31 heavy (non-hydrogen) atoms. The molecule has 0 radical (unpaired) electrons. The van der Waals surface area contributed by atoms with Gasteiger partial charge in [-0.3, -0.25) is 0 Å². The molecule has 2 aromatic carbocycles. The molecule has 5 N–H and O–H groups in total. The maximum Gasteiger partial charge on any atom is 0.222 e. The normalized spacial score (nSPS) is 28.9. The molecule has 0 saturated carbocycles. The number of nitrogens with zero attached hydrogens (tertiary/aromatic N) is 1. The molecule has 5 atom stereocenters. The summed E-state index contributed by atoms with van der Waals surface area (Å²) >= 11 is 0. The van der Waals surface area contributed by atoms with E-state index in [0.717, 1.165) is 5.56 Å². The lowest BCUT2D eigenvalue weighted by atomic mass is 9.85. The number of rotatable bonds is 4. The third kappa shape index (κ3) is 4.51. The van der Waals surface area contributed by atoms with Crippen molar-refractivity contribution in [3.63, 3.8) is 0 Å². The van der Waals surface area contributed by atoms with Gasteiger partial charge in [-0.15, -0.1) is 0 Å². The van der Waals surface area contributed by atoms with Crippen molar-refractivity contribution < 1.29 is 30.3 Å². The van der Waals surface area contributed by atoms with Gasteiger partial charge in [0.1, 0.15) is 24.4 Å². The first kappa shape index (κ1) is 23.4. The smallest absolute Gasteiger partial charge is 0.222 e. The summed E-state index contributed by atoms with van der Waals surface area (Å²) in [5, 5.41) is 60.5. The van der Waals surface area contributed by atoms with Crippen molar-refractivity contribution in [3.8, 4) is 6.07 Å². The number of ether oxygens (including phenoxy) is 1. The van der Waals surface area contributed by atoms with Crippen LogP contribution in [0.25, 0.3) is 0 Å². The largest absolute Gasteiger partial charge is 0.394 e. The molecule has 166 valence electrons. The Labute approximate surface area is 181 Å². The van der Waals surface area contributed by atoms with E-state index in [9.17, 15) is 30.8 Å². The van der Waals surface area contributed by atoms with E-state index >= 15 is 0 Å². The molecule has 1 aliphatic heterocycles. The van der Waals surface area contributed by atoms with Crippen LogP contribution in [0.3, 0.4) is 0 Å². The zero-order valence-corrected chi connectivity index (χ0v) is 17.9. The molecule has 1 saturated heterocycles. The second-order valence-electron chi connectivity index (χ2n) is 9.07. The van der Waals surface area contributed by atoms with Gasteiger partial charge in [0.05, 0.1) is 18.2 Å². The van der Waals surface area contributed by atoms with Gasteiger partial charge in [0.2, 0.25) is 5.79 Å². The molecule has 1 heterocycles. The molecule has 0 spiro atoms. The van der Waals surface area contributed by atoms with Crippen LogP contribution in [-0.4, -0.2) is 56.6 Å². The summed E-state index contributed by atoms with van der Waals surface area (Å²) in [4.78, 5) is 0. The molecule has 2 aromatic rings. The second-order valence-corrected chi connectivity index (χ2v) is 9.07. The van der Waals surface area contributed by atoms with Crippen LogP contribution in [0.1, 0.15) is 48.6 Å². The first-order chi connectivity index (χ1) is 14.5. The minimum Gasteiger partial charge on any atom is -0.394 e. The highest BCUT2D eigenvalue weighted by molar-refractivity contribution is 5.45. The fourth-order valence-electron chi connectivity index (χ4n) is 3.81. The van der Waals surface area contributed by atoms with E-state index in [1.807, 2.05) is 24.3 Å². The van der Waals surface area contributed by atoms with Gasteiger partial charge in [0.15, 0.2) is 0 Å². The molecule has 3 rings (SSSR count). The molecule has 7 heteroatoms. The zero-order valence-electron chi connectivity index (χ0n) is 17.9. The predicted octanol–water partition coefficient (Wildman–Crippen LogP) is 1.07. The lowest BCUT2D eigenvalue weighted by Gasteiger charge is -2.45. The van der Waals surface area contributed by atoms with Crippen LogP contribution >= 0.6 is 0 Å². The Hall–Kier alpha value is -2.31. The Kier molecular flexibility index (Phi) is 6.53. The summed E-state index contributed by atoms with van der Waals surface area (Å²) in [6.45, 7) is 5.72. The van der Waals surface area contributed by atoms with E-state index in [1.54, 1.807) is 0 Å². The first-order valence-electron chi connectivity index (χ1n) is 10.2. The van der Waals surface area contributed by atoms with Gasteiger partial charge in [-0.2, -0.15) is 5.26 Å². The molecular weight excluding hydrogens is 398 g/mol. The van der Waals surface area contributed by atoms with E-state index in [0.29, 0.717) is 17.5 Å². The summed E-state index contributed by atoms with van der Waals surface area (Å²) in [6.07, 6.45) is -6.01. The van der Waals surface area contributed by atoms with Gasteiger partial charge < -0.3 is 30.3 Å². The van der Waals surface area contributed by atoms with Crippen molar-refractivity contribution in [1.29, 1.82) is 5.26 Å². The quantitative estimate of drug-likeness (QED) is 0.493. The minimum absolute atomic E-state index is 0.0165. The van der Waals surface area contributed by atoms with Crippen molar-refractivity contribution in [3.05, 3.63) is 70.3 Å². The Morgan fingerprint density at radius 3 is 2.23 bits per heavy atom. The van der Waals surface area contributed by atoms with E-state index < -0.39 is 36.8 Å². The van der Waals surface area contributed by atoms with Gasteiger partial charge in [-0.1, -0.05) is 51.1 Å². The maximum absolute atomic E-state index is 11.0. The monoisotopic (exact) mass is 427 g/mol. The SMILES string of the molecule is CC(C)(C)c1ccc(Cc2cc([C@@]3(O)O[C@H](CO)[C@@H](O)[C@H](O)[C@H]3O)ccc2C#N)cc1. The first-order valence-corrected chi connectivity index (χ1v) is 10.2. The van der Waals surface area contributed by atoms with Crippen molar-refractivity contribution >= 4 is 0 Å².